The van der Waals surface area contributed by atoms with Crippen LogP contribution in [0.1, 0.15) is 24.3 Å². The van der Waals surface area contributed by atoms with Crippen molar-refractivity contribution in [3.05, 3.63) is 143 Å². The number of halogens is 2. The second-order valence-electron chi connectivity index (χ2n) is 9.13. The summed E-state index contributed by atoms with van der Waals surface area (Å²) in [6, 6.07) is 27.1. The molecule has 5 aromatic rings. The number of carbonyl (C=O) groups is 1. The molecule has 6 nitrogen and oxygen atoms in total. The minimum Gasteiger partial charge on any atom is -0.457 e. The number of benzene rings is 3. The number of para-hydroxylation sites is 1. The fourth-order valence-electron chi connectivity index (χ4n) is 4.65. The summed E-state index contributed by atoms with van der Waals surface area (Å²) in [5, 5.41) is 3.39. The van der Waals surface area contributed by atoms with Crippen molar-refractivity contribution in [2.24, 2.45) is 4.99 Å². The molecule has 1 atom stereocenters. The van der Waals surface area contributed by atoms with E-state index in [1.165, 1.54) is 11.3 Å². The second-order valence-corrected chi connectivity index (χ2v) is 11.5. The Labute approximate surface area is 246 Å². The van der Waals surface area contributed by atoms with Gasteiger partial charge in [0.1, 0.15) is 11.5 Å². The zero-order chi connectivity index (χ0) is 27.8. The van der Waals surface area contributed by atoms with E-state index < -0.39 is 6.04 Å². The normalized spacial score (nSPS) is 15.1. The van der Waals surface area contributed by atoms with Gasteiger partial charge in [-0.25, -0.2) is 4.99 Å². The Bertz CT molecular complexity index is 1960. The molecule has 1 aliphatic heterocycles. The molecule has 1 N–H and O–H groups in total. The number of anilines is 1. The first kappa shape index (κ1) is 26.3. The van der Waals surface area contributed by atoms with E-state index in [9.17, 15) is 9.59 Å². The fraction of sp³-hybridized carbons (Fsp3) is 0.0645. The van der Waals surface area contributed by atoms with E-state index in [1.807, 2.05) is 72.8 Å². The van der Waals surface area contributed by atoms with Crippen LogP contribution in [0.15, 0.2) is 121 Å². The number of rotatable bonds is 5. The number of furan rings is 1. The lowest BCUT2D eigenvalue weighted by molar-refractivity contribution is -0.113. The summed E-state index contributed by atoms with van der Waals surface area (Å²) in [4.78, 5) is 32.7. The zero-order valence-electron chi connectivity index (χ0n) is 21.1. The molecule has 0 radical (unpaired) electrons. The SMILES string of the molecule is CC1=C(C(=O)Nc2ccccc2)[C@H](c2ccccc2Cl)n2c(s/c(=C/c3ccc(-c4ccc(Br)cc4)o3)c2=O)=N1. The summed E-state index contributed by atoms with van der Waals surface area (Å²) in [5.74, 6) is 0.878. The van der Waals surface area contributed by atoms with Crippen LogP contribution in [-0.2, 0) is 4.79 Å². The molecular weight excluding hydrogens is 610 g/mol. The predicted octanol–water partition coefficient (Wildman–Crippen LogP) is 6.55. The zero-order valence-corrected chi connectivity index (χ0v) is 24.3. The van der Waals surface area contributed by atoms with E-state index in [2.05, 4.69) is 26.2 Å². The number of hydrogen-bond donors (Lipinski definition) is 1. The number of aromatic nitrogens is 1. The summed E-state index contributed by atoms with van der Waals surface area (Å²) in [6.07, 6.45) is 1.71. The van der Waals surface area contributed by atoms with Crippen molar-refractivity contribution in [1.29, 1.82) is 0 Å². The lowest BCUT2D eigenvalue weighted by Gasteiger charge is -2.26. The first-order chi connectivity index (χ1) is 19.4. The van der Waals surface area contributed by atoms with Gasteiger partial charge in [-0.05, 0) is 55.0 Å². The van der Waals surface area contributed by atoms with Crippen molar-refractivity contribution in [2.45, 2.75) is 13.0 Å². The fourth-order valence-corrected chi connectivity index (χ4v) is 6.18. The molecule has 0 saturated carbocycles. The highest BCUT2D eigenvalue weighted by Gasteiger charge is 2.33. The molecule has 198 valence electrons. The summed E-state index contributed by atoms with van der Waals surface area (Å²) in [6.45, 7) is 1.78. The Morgan fingerprint density at radius 1 is 1.02 bits per heavy atom. The van der Waals surface area contributed by atoms with Crippen LogP contribution >= 0.6 is 38.9 Å². The van der Waals surface area contributed by atoms with Crippen molar-refractivity contribution < 1.29 is 9.21 Å². The molecule has 0 fully saturated rings. The standard InChI is InChI=1S/C31H21BrClN3O3S/c1-18-27(29(37)35-21-7-3-2-4-8-21)28(23-9-5-6-10-24(23)33)36-30(38)26(40-31(36)34-18)17-22-15-16-25(39-22)19-11-13-20(32)14-12-19/h2-17,28H,1H3,(H,35,37)/b26-17+/t28-/m0/s1. The third-order valence-electron chi connectivity index (χ3n) is 6.53. The molecule has 0 spiro atoms. The van der Waals surface area contributed by atoms with Crippen molar-refractivity contribution in [3.8, 4) is 11.3 Å². The Hall–Kier alpha value is -3.98. The van der Waals surface area contributed by atoms with Gasteiger partial charge in [0.2, 0.25) is 0 Å². The number of nitrogens with one attached hydrogen (secondary N) is 1. The molecule has 3 heterocycles. The van der Waals surface area contributed by atoms with Gasteiger partial charge in [0.15, 0.2) is 4.80 Å². The van der Waals surface area contributed by atoms with Crippen LogP contribution in [-0.4, -0.2) is 10.5 Å². The quantitative estimate of drug-likeness (QED) is 0.239. The van der Waals surface area contributed by atoms with Crippen molar-refractivity contribution in [2.75, 3.05) is 5.32 Å². The molecule has 9 heteroatoms. The van der Waals surface area contributed by atoms with Crippen LogP contribution < -0.4 is 20.2 Å². The molecule has 0 bridgehead atoms. The van der Waals surface area contributed by atoms with E-state index in [4.69, 9.17) is 16.0 Å². The summed E-state index contributed by atoms with van der Waals surface area (Å²) in [5.41, 5.74) is 2.79. The van der Waals surface area contributed by atoms with Crippen LogP contribution in [0.5, 0.6) is 0 Å². The lowest BCUT2D eigenvalue weighted by atomic mass is 9.95. The first-order valence-corrected chi connectivity index (χ1v) is 14.4. The molecular formula is C31H21BrClN3O3S. The van der Waals surface area contributed by atoms with Crippen molar-refractivity contribution in [1.82, 2.24) is 4.57 Å². The highest BCUT2D eigenvalue weighted by Crippen LogP contribution is 2.34. The molecule has 0 saturated heterocycles. The van der Waals surface area contributed by atoms with E-state index in [0.717, 1.165) is 10.0 Å². The van der Waals surface area contributed by atoms with Gasteiger partial charge in [0, 0.05) is 26.8 Å². The van der Waals surface area contributed by atoms with E-state index in [0.29, 0.717) is 48.4 Å². The summed E-state index contributed by atoms with van der Waals surface area (Å²) < 4.78 is 9.00. The average Bonchev–Trinajstić information content (AvgIpc) is 3.53. The Balaban J connectivity index is 1.46. The predicted molar refractivity (Wildman–Crippen MR) is 162 cm³/mol. The third-order valence-corrected chi connectivity index (χ3v) is 8.38. The first-order valence-electron chi connectivity index (χ1n) is 12.4. The molecule has 1 amide bonds. The highest BCUT2D eigenvalue weighted by atomic mass is 79.9. The Morgan fingerprint density at radius 2 is 1.75 bits per heavy atom. The minimum absolute atomic E-state index is 0.284. The van der Waals surface area contributed by atoms with Gasteiger partial charge in [-0.3, -0.25) is 14.2 Å². The van der Waals surface area contributed by atoms with E-state index in [-0.39, 0.29) is 11.5 Å². The number of carbonyl (C=O) groups excluding carboxylic acids is 1. The number of allylic oxidation sites excluding steroid dienone is 1. The molecule has 3 aromatic carbocycles. The Kier molecular flexibility index (Phi) is 7.14. The monoisotopic (exact) mass is 629 g/mol. The topological polar surface area (TPSA) is 76.6 Å². The van der Waals surface area contributed by atoms with Gasteiger partial charge < -0.3 is 9.73 Å². The number of thiazole rings is 1. The van der Waals surface area contributed by atoms with Crippen LogP contribution in [0.3, 0.4) is 0 Å². The maximum absolute atomic E-state index is 13.9. The summed E-state index contributed by atoms with van der Waals surface area (Å²) >= 11 is 11.3. The van der Waals surface area contributed by atoms with Crippen LogP contribution in [0.25, 0.3) is 17.4 Å². The smallest absolute Gasteiger partial charge is 0.271 e. The number of hydrogen-bond acceptors (Lipinski definition) is 5. The Morgan fingerprint density at radius 3 is 2.50 bits per heavy atom. The molecule has 0 aliphatic carbocycles. The summed E-state index contributed by atoms with van der Waals surface area (Å²) in [7, 11) is 0. The van der Waals surface area contributed by atoms with Crippen molar-refractivity contribution >= 4 is 56.5 Å². The maximum atomic E-state index is 13.9. The number of fused-ring (bicyclic) bond motifs is 1. The average molecular weight is 631 g/mol. The molecule has 0 unspecified atom stereocenters. The van der Waals surface area contributed by atoms with Crippen LogP contribution in [0.2, 0.25) is 5.02 Å². The van der Waals surface area contributed by atoms with Crippen LogP contribution in [0, 0.1) is 0 Å². The highest BCUT2D eigenvalue weighted by molar-refractivity contribution is 9.10. The largest absolute Gasteiger partial charge is 0.457 e. The lowest BCUT2D eigenvalue weighted by Crippen LogP contribution is -2.40. The van der Waals surface area contributed by atoms with Gasteiger partial charge in [-0.2, -0.15) is 0 Å². The van der Waals surface area contributed by atoms with Gasteiger partial charge >= 0.3 is 0 Å². The van der Waals surface area contributed by atoms with Gasteiger partial charge in [0.05, 0.1) is 21.8 Å². The molecule has 6 rings (SSSR count). The molecule has 1 aliphatic rings. The van der Waals surface area contributed by atoms with Gasteiger partial charge in [-0.15, -0.1) is 0 Å². The van der Waals surface area contributed by atoms with Crippen molar-refractivity contribution in [3.63, 3.8) is 0 Å². The van der Waals surface area contributed by atoms with Gasteiger partial charge in [-0.1, -0.05) is 87.4 Å². The van der Waals surface area contributed by atoms with E-state index >= 15 is 0 Å². The molecule has 40 heavy (non-hydrogen) atoms. The second kappa shape index (κ2) is 10.9. The minimum atomic E-state index is -0.759. The number of nitrogens with zero attached hydrogens (tertiary/aromatic N) is 2. The maximum Gasteiger partial charge on any atom is 0.271 e. The van der Waals surface area contributed by atoms with Crippen LogP contribution in [0.4, 0.5) is 5.69 Å². The van der Waals surface area contributed by atoms with Gasteiger partial charge in [0.25, 0.3) is 11.5 Å². The number of amides is 1. The molecule has 2 aromatic heterocycles. The third kappa shape index (κ3) is 5.01. The van der Waals surface area contributed by atoms with E-state index in [1.54, 1.807) is 35.8 Å².